The van der Waals surface area contributed by atoms with Crippen LogP contribution in [0.5, 0.6) is 0 Å². The lowest BCUT2D eigenvalue weighted by Crippen LogP contribution is -2.26. The van der Waals surface area contributed by atoms with Gasteiger partial charge in [0, 0.05) is 6.92 Å². The molecule has 0 radical (unpaired) electrons. The Kier molecular flexibility index (Phi) is 3.25. The van der Waals surface area contributed by atoms with Crippen molar-refractivity contribution in [2.75, 3.05) is 6.61 Å². The molecule has 2 nitrogen and oxygen atoms in total. The number of carbonyl (C=O) groups is 1. The summed E-state index contributed by atoms with van der Waals surface area (Å²) in [7, 11) is 0. The van der Waals surface area contributed by atoms with Crippen molar-refractivity contribution in [3.8, 4) is 0 Å². The second-order valence-electron chi connectivity index (χ2n) is 2.02. The fourth-order valence-corrected chi connectivity index (χ4v) is 0.321. The highest BCUT2D eigenvalue weighted by molar-refractivity contribution is 5.76. The molecule has 0 aromatic rings. The molecule has 0 saturated carbocycles. The molecule has 0 amide bonds. The van der Waals surface area contributed by atoms with E-state index in [1.54, 1.807) is 6.92 Å². The monoisotopic (exact) mass is 152 g/mol. The average Bonchev–Trinajstić information content (AvgIpc) is 1.80. The molecule has 0 spiro atoms. The second kappa shape index (κ2) is 3.49. The van der Waals surface area contributed by atoms with Gasteiger partial charge in [0.15, 0.2) is 0 Å². The van der Waals surface area contributed by atoms with Gasteiger partial charge in [0.25, 0.3) is 0 Å². The lowest BCUT2D eigenvalue weighted by Gasteiger charge is -2.08. The minimum atomic E-state index is -3.35. The average molecular weight is 152 g/mol. The van der Waals surface area contributed by atoms with Crippen LogP contribution >= 0.6 is 0 Å². The molecule has 0 unspecified atom stereocenters. The largest absolute Gasteiger partial charge is 0.461 e. The molecule has 0 aliphatic carbocycles. The van der Waals surface area contributed by atoms with Crippen molar-refractivity contribution in [1.29, 1.82) is 0 Å². The van der Waals surface area contributed by atoms with Crippen LogP contribution in [0.3, 0.4) is 0 Å². The molecule has 0 fully saturated rings. The zero-order chi connectivity index (χ0) is 8.20. The first kappa shape index (κ1) is 9.33. The van der Waals surface area contributed by atoms with Crippen LogP contribution in [0.15, 0.2) is 0 Å². The number of hydrogen-bond acceptors (Lipinski definition) is 2. The van der Waals surface area contributed by atoms with Crippen molar-refractivity contribution in [3.05, 3.63) is 0 Å². The van der Waals surface area contributed by atoms with Gasteiger partial charge in [-0.05, 0) is 6.42 Å². The Balaban J connectivity index is 3.64. The Labute approximate surface area is 58.2 Å². The van der Waals surface area contributed by atoms with Gasteiger partial charge < -0.3 is 4.74 Å². The van der Waals surface area contributed by atoms with Crippen LogP contribution in [-0.4, -0.2) is 18.5 Å². The standard InChI is InChI=1S/C6H10F2O2/c1-3-4-10-5(9)6(2,7)8/h3-4H2,1-2H3. The maximum absolute atomic E-state index is 12.0. The van der Waals surface area contributed by atoms with Crippen molar-refractivity contribution in [2.45, 2.75) is 26.2 Å². The third-order valence-electron chi connectivity index (χ3n) is 0.796. The normalized spacial score (nSPS) is 11.2. The third-order valence-corrected chi connectivity index (χ3v) is 0.796. The van der Waals surface area contributed by atoms with Crippen LogP contribution < -0.4 is 0 Å². The van der Waals surface area contributed by atoms with Crippen LogP contribution in [0.25, 0.3) is 0 Å². The first-order valence-electron chi connectivity index (χ1n) is 3.03. The van der Waals surface area contributed by atoms with Gasteiger partial charge in [0.2, 0.25) is 0 Å². The van der Waals surface area contributed by atoms with E-state index in [4.69, 9.17) is 0 Å². The molecular weight excluding hydrogens is 142 g/mol. The van der Waals surface area contributed by atoms with E-state index in [0.29, 0.717) is 13.3 Å². The molecule has 0 aromatic carbocycles. The summed E-state index contributed by atoms with van der Waals surface area (Å²) >= 11 is 0. The molecule has 10 heavy (non-hydrogen) atoms. The molecule has 0 atom stereocenters. The summed E-state index contributed by atoms with van der Waals surface area (Å²) in [6, 6.07) is 0. The van der Waals surface area contributed by atoms with Gasteiger partial charge in [-0.3, -0.25) is 0 Å². The topological polar surface area (TPSA) is 26.3 Å². The van der Waals surface area contributed by atoms with Crippen LogP contribution in [0.4, 0.5) is 8.78 Å². The van der Waals surface area contributed by atoms with E-state index < -0.39 is 11.9 Å². The summed E-state index contributed by atoms with van der Waals surface area (Å²) in [5.41, 5.74) is 0. The minimum absolute atomic E-state index is 0.0578. The smallest absolute Gasteiger partial charge is 0.376 e. The van der Waals surface area contributed by atoms with E-state index in [0.717, 1.165) is 0 Å². The summed E-state index contributed by atoms with van der Waals surface area (Å²) in [5.74, 6) is -4.80. The second-order valence-corrected chi connectivity index (χ2v) is 2.02. The lowest BCUT2D eigenvalue weighted by molar-refractivity contribution is -0.169. The van der Waals surface area contributed by atoms with Crippen molar-refractivity contribution >= 4 is 5.97 Å². The van der Waals surface area contributed by atoms with E-state index in [1.165, 1.54) is 0 Å². The number of halogens is 2. The first-order chi connectivity index (χ1) is 4.48. The SMILES string of the molecule is CCCOC(=O)C(C)(F)F. The summed E-state index contributed by atoms with van der Waals surface area (Å²) < 4.78 is 28.1. The molecule has 0 aromatic heterocycles. The molecular formula is C6H10F2O2. The number of carbonyl (C=O) groups excluding carboxylic acids is 1. The summed E-state index contributed by atoms with van der Waals surface area (Å²) in [5, 5.41) is 0. The quantitative estimate of drug-likeness (QED) is 0.574. The van der Waals surface area contributed by atoms with E-state index >= 15 is 0 Å². The van der Waals surface area contributed by atoms with Gasteiger partial charge in [0.05, 0.1) is 6.61 Å². The van der Waals surface area contributed by atoms with Gasteiger partial charge in [-0.25, -0.2) is 4.79 Å². The maximum Gasteiger partial charge on any atom is 0.376 e. The predicted octanol–water partition coefficient (Wildman–Crippen LogP) is 1.59. The number of rotatable bonds is 3. The minimum Gasteiger partial charge on any atom is -0.461 e. The summed E-state index contributed by atoms with van der Waals surface area (Å²) in [4.78, 5) is 10.3. The molecule has 0 saturated heterocycles. The van der Waals surface area contributed by atoms with Gasteiger partial charge >= 0.3 is 11.9 Å². The Bertz CT molecular complexity index is 117. The summed E-state index contributed by atoms with van der Waals surface area (Å²) in [6.07, 6.45) is 0.557. The van der Waals surface area contributed by atoms with E-state index in [2.05, 4.69) is 4.74 Å². The van der Waals surface area contributed by atoms with Crippen LogP contribution in [0.1, 0.15) is 20.3 Å². The van der Waals surface area contributed by atoms with Crippen molar-refractivity contribution in [3.63, 3.8) is 0 Å². The van der Waals surface area contributed by atoms with E-state index in [-0.39, 0.29) is 6.61 Å². The number of alkyl halides is 2. The number of ether oxygens (including phenoxy) is 1. The molecule has 4 heteroatoms. The first-order valence-corrected chi connectivity index (χ1v) is 3.03. The Morgan fingerprint density at radius 2 is 2.10 bits per heavy atom. The molecule has 0 bridgehead atoms. The van der Waals surface area contributed by atoms with Crippen LogP contribution in [0.2, 0.25) is 0 Å². The lowest BCUT2D eigenvalue weighted by atomic mass is 10.4. The molecule has 0 heterocycles. The fourth-order valence-electron chi connectivity index (χ4n) is 0.321. The molecule has 0 aliphatic heterocycles. The van der Waals surface area contributed by atoms with Crippen LogP contribution in [-0.2, 0) is 9.53 Å². The highest BCUT2D eigenvalue weighted by atomic mass is 19.3. The zero-order valence-electron chi connectivity index (χ0n) is 5.99. The van der Waals surface area contributed by atoms with Gasteiger partial charge in [-0.1, -0.05) is 6.92 Å². The van der Waals surface area contributed by atoms with Crippen molar-refractivity contribution < 1.29 is 18.3 Å². The van der Waals surface area contributed by atoms with Gasteiger partial charge in [-0.15, -0.1) is 0 Å². The predicted molar refractivity (Wildman–Crippen MR) is 31.9 cm³/mol. The zero-order valence-corrected chi connectivity index (χ0v) is 5.99. The number of esters is 1. The maximum atomic E-state index is 12.0. The van der Waals surface area contributed by atoms with Crippen LogP contribution in [0, 0.1) is 0 Å². The molecule has 0 rings (SSSR count). The highest BCUT2D eigenvalue weighted by Gasteiger charge is 2.33. The molecule has 0 N–H and O–H groups in total. The van der Waals surface area contributed by atoms with E-state index in [1.807, 2.05) is 0 Å². The molecule has 60 valence electrons. The van der Waals surface area contributed by atoms with Crippen molar-refractivity contribution in [2.24, 2.45) is 0 Å². The Hall–Kier alpha value is -0.670. The Morgan fingerprint density at radius 3 is 2.40 bits per heavy atom. The van der Waals surface area contributed by atoms with Gasteiger partial charge in [0.1, 0.15) is 0 Å². The summed E-state index contributed by atoms with van der Waals surface area (Å²) in [6.45, 7) is 2.31. The van der Waals surface area contributed by atoms with Gasteiger partial charge in [-0.2, -0.15) is 8.78 Å². The molecule has 0 aliphatic rings. The van der Waals surface area contributed by atoms with E-state index in [9.17, 15) is 13.6 Å². The fraction of sp³-hybridized carbons (Fsp3) is 0.833. The third kappa shape index (κ3) is 3.37. The van der Waals surface area contributed by atoms with Crippen molar-refractivity contribution in [1.82, 2.24) is 0 Å². The number of hydrogen-bond donors (Lipinski definition) is 0. The highest BCUT2D eigenvalue weighted by Crippen LogP contribution is 2.13. The Morgan fingerprint density at radius 1 is 1.60 bits per heavy atom.